The van der Waals surface area contributed by atoms with Crippen LogP contribution in [0.1, 0.15) is 51.9 Å². The summed E-state index contributed by atoms with van der Waals surface area (Å²) in [4.78, 5) is 51.3. The van der Waals surface area contributed by atoms with Gasteiger partial charge < -0.3 is 14.9 Å². The second-order valence-electron chi connectivity index (χ2n) is 7.02. The van der Waals surface area contributed by atoms with E-state index in [-0.39, 0.29) is 55.4 Å². The smallest absolute Gasteiger partial charge is 0.233 e. The van der Waals surface area contributed by atoms with E-state index in [4.69, 9.17) is 0 Å². The van der Waals surface area contributed by atoms with Gasteiger partial charge in [-0.15, -0.1) is 0 Å². The summed E-state index contributed by atoms with van der Waals surface area (Å²) in [5, 5.41) is 9.37. The summed E-state index contributed by atoms with van der Waals surface area (Å²) in [6.07, 6.45) is 3.92. The van der Waals surface area contributed by atoms with Crippen molar-refractivity contribution in [2.24, 2.45) is 5.92 Å². The molecule has 2 aliphatic rings. The molecule has 2 fully saturated rings. The maximum Gasteiger partial charge on any atom is 0.233 e. The summed E-state index contributed by atoms with van der Waals surface area (Å²) in [5.74, 6) is -1.35. The molecule has 1 N–H and O–H groups in total. The molecule has 0 aromatic heterocycles. The number of Topliss-reactive ketones (excluding diaryl/α,β-unsaturated/α-hetero) is 2. The third kappa shape index (κ3) is 5.11. The minimum Gasteiger partial charge on any atom is -0.394 e. The summed E-state index contributed by atoms with van der Waals surface area (Å²) in [7, 11) is 0. The molecular formula is C18H28N2O5. The topological polar surface area (TPSA) is 95.0 Å². The predicted octanol–water partition coefficient (Wildman–Crippen LogP) is 0.537. The first kappa shape index (κ1) is 19.6. The Morgan fingerprint density at radius 1 is 1.12 bits per heavy atom. The van der Waals surface area contributed by atoms with E-state index in [1.165, 1.54) is 6.92 Å². The summed E-state index contributed by atoms with van der Waals surface area (Å²) >= 11 is 0. The molecule has 2 aliphatic heterocycles. The van der Waals surface area contributed by atoms with Gasteiger partial charge in [-0.2, -0.15) is 0 Å². The minimum absolute atomic E-state index is 0.0748. The van der Waals surface area contributed by atoms with Gasteiger partial charge in [0, 0.05) is 26.1 Å². The highest BCUT2D eigenvalue weighted by Crippen LogP contribution is 2.20. The molecule has 0 spiro atoms. The number of hydrogen-bond acceptors (Lipinski definition) is 5. The molecule has 7 heteroatoms. The molecule has 2 unspecified atom stereocenters. The number of nitrogens with zero attached hydrogens (tertiary/aromatic N) is 2. The van der Waals surface area contributed by atoms with Gasteiger partial charge in [0.1, 0.15) is 11.6 Å². The van der Waals surface area contributed by atoms with Gasteiger partial charge in [0.2, 0.25) is 11.8 Å². The third-order valence-electron chi connectivity index (χ3n) is 5.19. The van der Waals surface area contributed by atoms with Crippen LogP contribution in [-0.2, 0) is 19.2 Å². The van der Waals surface area contributed by atoms with Crippen LogP contribution in [0.2, 0.25) is 0 Å². The molecule has 2 atom stereocenters. The van der Waals surface area contributed by atoms with E-state index in [0.717, 1.165) is 25.7 Å². The number of carbonyl (C=O) groups excluding carboxylic acids is 4. The SMILES string of the molecule is CC(=O)C1CCCN(CCC(=O)CC(=O)N2CCCCC2CO)C1=O. The predicted molar refractivity (Wildman–Crippen MR) is 90.7 cm³/mol. The Morgan fingerprint density at radius 3 is 2.56 bits per heavy atom. The van der Waals surface area contributed by atoms with Gasteiger partial charge in [0.05, 0.1) is 25.0 Å². The summed E-state index contributed by atoms with van der Waals surface area (Å²) < 4.78 is 0. The fraction of sp³-hybridized carbons (Fsp3) is 0.778. The van der Waals surface area contributed by atoms with Crippen molar-refractivity contribution in [3.05, 3.63) is 0 Å². The molecule has 2 saturated heterocycles. The molecule has 0 saturated carbocycles. The molecule has 7 nitrogen and oxygen atoms in total. The Hall–Kier alpha value is -1.76. The van der Waals surface area contributed by atoms with Crippen LogP contribution >= 0.6 is 0 Å². The number of hydrogen-bond donors (Lipinski definition) is 1. The molecule has 0 aromatic carbocycles. The van der Waals surface area contributed by atoms with Crippen molar-refractivity contribution in [3.63, 3.8) is 0 Å². The van der Waals surface area contributed by atoms with Gasteiger partial charge in [-0.25, -0.2) is 0 Å². The van der Waals surface area contributed by atoms with Crippen LogP contribution in [0.4, 0.5) is 0 Å². The van der Waals surface area contributed by atoms with Gasteiger partial charge in [0.25, 0.3) is 0 Å². The first-order valence-electron chi connectivity index (χ1n) is 9.15. The number of aliphatic hydroxyl groups excluding tert-OH is 1. The average Bonchev–Trinajstić information content (AvgIpc) is 2.60. The zero-order valence-corrected chi connectivity index (χ0v) is 14.9. The van der Waals surface area contributed by atoms with Crippen LogP contribution in [0.25, 0.3) is 0 Å². The van der Waals surface area contributed by atoms with Crippen molar-refractivity contribution in [2.45, 2.75) is 57.9 Å². The van der Waals surface area contributed by atoms with Crippen LogP contribution in [0, 0.1) is 5.92 Å². The average molecular weight is 352 g/mol. The number of likely N-dealkylation sites (tertiary alicyclic amines) is 2. The van der Waals surface area contributed by atoms with Crippen LogP contribution in [0.3, 0.4) is 0 Å². The van der Waals surface area contributed by atoms with Gasteiger partial charge >= 0.3 is 0 Å². The number of rotatable bonds is 7. The van der Waals surface area contributed by atoms with Gasteiger partial charge in [-0.1, -0.05) is 0 Å². The molecule has 0 aliphatic carbocycles. The van der Waals surface area contributed by atoms with Gasteiger partial charge in [0.15, 0.2) is 0 Å². The summed E-state index contributed by atoms with van der Waals surface area (Å²) in [6, 6.07) is -0.186. The second kappa shape index (κ2) is 9.08. The van der Waals surface area contributed by atoms with Crippen LogP contribution < -0.4 is 0 Å². The number of ketones is 2. The van der Waals surface area contributed by atoms with Crippen molar-refractivity contribution in [3.8, 4) is 0 Å². The van der Waals surface area contributed by atoms with E-state index in [1.807, 2.05) is 0 Å². The van der Waals surface area contributed by atoms with E-state index >= 15 is 0 Å². The zero-order chi connectivity index (χ0) is 18.4. The van der Waals surface area contributed by atoms with E-state index < -0.39 is 5.92 Å². The van der Waals surface area contributed by atoms with Gasteiger partial charge in [-0.05, 0) is 39.0 Å². The van der Waals surface area contributed by atoms with Crippen molar-refractivity contribution >= 4 is 23.4 Å². The lowest BCUT2D eigenvalue weighted by Gasteiger charge is -2.34. The number of aliphatic hydroxyl groups is 1. The Morgan fingerprint density at radius 2 is 1.88 bits per heavy atom. The third-order valence-corrected chi connectivity index (χ3v) is 5.19. The molecule has 2 rings (SSSR count). The largest absolute Gasteiger partial charge is 0.394 e. The maximum absolute atomic E-state index is 12.3. The lowest BCUT2D eigenvalue weighted by atomic mass is 9.93. The molecule has 0 bridgehead atoms. The highest BCUT2D eigenvalue weighted by molar-refractivity contribution is 6.01. The standard InChI is InChI=1S/C18H28N2O5/c1-13(22)16-6-4-8-19(18(16)25)10-7-15(23)11-17(24)20-9-3-2-5-14(20)12-21/h14,16,21H,2-12H2,1H3. The number of piperidine rings is 2. The van der Waals surface area contributed by atoms with E-state index in [1.54, 1.807) is 9.80 Å². The Labute approximate surface area is 148 Å². The zero-order valence-electron chi connectivity index (χ0n) is 14.9. The quantitative estimate of drug-likeness (QED) is 0.675. The molecule has 25 heavy (non-hydrogen) atoms. The van der Waals surface area contributed by atoms with E-state index in [2.05, 4.69) is 0 Å². The summed E-state index contributed by atoms with van der Waals surface area (Å²) in [5.41, 5.74) is 0. The van der Waals surface area contributed by atoms with Crippen molar-refractivity contribution < 1.29 is 24.3 Å². The maximum atomic E-state index is 12.3. The van der Waals surface area contributed by atoms with Crippen LogP contribution in [0.5, 0.6) is 0 Å². The number of amides is 2. The van der Waals surface area contributed by atoms with E-state index in [9.17, 15) is 24.3 Å². The van der Waals surface area contributed by atoms with Crippen molar-refractivity contribution in [1.29, 1.82) is 0 Å². The molecule has 0 radical (unpaired) electrons. The molecular weight excluding hydrogens is 324 g/mol. The molecule has 2 heterocycles. The Kier molecular flexibility index (Phi) is 7.11. The molecule has 2 amide bonds. The number of carbonyl (C=O) groups is 4. The van der Waals surface area contributed by atoms with Gasteiger partial charge in [-0.3, -0.25) is 19.2 Å². The Bertz CT molecular complexity index is 534. The van der Waals surface area contributed by atoms with Crippen LogP contribution in [-0.4, -0.2) is 70.6 Å². The lowest BCUT2D eigenvalue weighted by Crippen LogP contribution is -2.46. The minimum atomic E-state index is -0.579. The lowest BCUT2D eigenvalue weighted by molar-refractivity contribution is -0.143. The molecule has 140 valence electrons. The van der Waals surface area contributed by atoms with Crippen LogP contribution in [0.15, 0.2) is 0 Å². The fourth-order valence-corrected chi connectivity index (χ4v) is 3.68. The normalized spacial score (nSPS) is 24.3. The summed E-state index contributed by atoms with van der Waals surface area (Å²) in [6.45, 7) is 2.75. The van der Waals surface area contributed by atoms with Crippen molar-refractivity contribution in [1.82, 2.24) is 9.80 Å². The fourth-order valence-electron chi connectivity index (χ4n) is 3.68. The highest BCUT2D eigenvalue weighted by Gasteiger charge is 2.32. The van der Waals surface area contributed by atoms with E-state index in [0.29, 0.717) is 19.5 Å². The monoisotopic (exact) mass is 352 g/mol. The highest BCUT2D eigenvalue weighted by atomic mass is 16.3. The Balaban J connectivity index is 1.81. The first-order chi connectivity index (χ1) is 11.9. The van der Waals surface area contributed by atoms with Crippen molar-refractivity contribution in [2.75, 3.05) is 26.2 Å². The first-order valence-corrected chi connectivity index (χ1v) is 9.15. The second-order valence-corrected chi connectivity index (χ2v) is 7.02. The molecule has 0 aromatic rings.